The lowest BCUT2D eigenvalue weighted by Gasteiger charge is -2.09. The van der Waals surface area contributed by atoms with Crippen LogP contribution in [0.2, 0.25) is 0 Å². The van der Waals surface area contributed by atoms with Crippen molar-refractivity contribution in [3.8, 4) is 0 Å². The Bertz CT molecular complexity index is 192. The van der Waals surface area contributed by atoms with Crippen LogP contribution in [0.4, 0.5) is 4.79 Å². The van der Waals surface area contributed by atoms with Crippen molar-refractivity contribution in [1.82, 2.24) is 10.8 Å². The van der Waals surface area contributed by atoms with E-state index in [-0.39, 0.29) is 6.42 Å². The molecule has 2 amide bonds. The third-order valence-electron chi connectivity index (χ3n) is 1.04. The van der Waals surface area contributed by atoms with Gasteiger partial charge in [0.2, 0.25) is 0 Å². The summed E-state index contributed by atoms with van der Waals surface area (Å²) in [5.74, 6) is -1.34. The van der Waals surface area contributed by atoms with Crippen molar-refractivity contribution in [1.29, 1.82) is 0 Å². The van der Waals surface area contributed by atoms with E-state index in [1.54, 1.807) is 0 Å². The number of hydrogen-bond acceptors (Lipinski definition) is 4. The van der Waals surface area contributed by atoms with Crippen LogP contribution in [0.25, 0.3) is 0 Å². The number of nitrogens with one attached hydrogen (secondary N) is 2. The molecule has 1 unspecified atom stereocenters. The Morgan fingerprint density at radius 3 is 2.42 bits per heavy atom. The Morgan fingerprint density at radius 2 is 2.08 bits per heavy atom. The third kappa shape index (κ3) is 3.52. The highest BCUT2D eigenvalue weighted by Crippen LogP contribution is 1.88. The molecule has 7 nitrogen and oxygen atoms in total. The molecule has 4 N–H and O–H groups in total. The lowest BCUT2D eigenvalue weighted by Crippen LogP contribution is -2.45. The van der Waals surface area contributed by atoms with Crippen LogP contribution < -0.4 is 10.8 Å². The molecule has 1 atom stereocenters. The standard InChI is InChI=1S/C5H8N2O5/c8-2-1-3(4(9)10)6-5(11)7-12/h2-3,12H,1H2,(H,9,10)(H2,6,7,11). The average molecular weight is 176 g/mol. The predicted molar refractivity (Wildman–Crippen MR) is 35.6 cm³/mol. The van der Waals surface area contributed by atoms with E-state index in [1.807, 2.05) is 5.32 Å². The van der Waals surface area contributed by atoms with Crippen molar-refractivity contribution in [2.24, 2.45) is 0 Å². The van der Waals surface area contributed by atoms with E-state index >= 15 is 0 Å². The number of rotatable bonds is 4. The Balaban J connectivity index is 4.03. The van der Waals surface area contributed by atoms with Gasteiger partial charge in [-0.2, -0.15) is 0 Å². The van der Waals surface area contributed by atoms with Gasteiger partial charge >= 0.3 is 12.0 Å². The van der Waals surface area contributed by atoms with Gasteiger partial charge in [-0.05, 0) is 0 Å². The first kappa shape index (κ1) is 10.4. The molecule has 0 spiro atoms. The lowest BCUT2D eigenvalue weighted by molar-refractivity contribution is -0.140. The molecule has 0 rings (SSSR count). The second-order valence-electron chi connectivity index (χ2n) is 1.88. The summed E-state index contributed by atoms with van der Waals surface area (Å²) in [7, 11) is 0. The minimum absolute atomic E-state index is 0.344. The summed E-state index contributed by atoms with van der Waals surface area (Å²) in [6.07, 6.45) is 0.0131. The topological polar surface area (TPSA) is 116 Å². The van der Waals surface area contributed by atoms with Crippen LogP contribution in [0.15, 0.2) is 0 Å². The summed E-state index contributed by atoms with van der Waals surface area (Å²) < 4.78 is 0. The molecule has 0 aromatic carbocycles. The van der Waals surface area contributed by atoms with E-state index in [0.29, 0.717) is 6.29 Å². The van der Waals surface area contributed by atoms with Crippen LogP contribution in [0.3, 0.4) is 0 Å². The maximum atomic E-state index is 10.4. The number of carboxylic acids is 1. The predicted octanol–water partition coefficient (Wildman–Crippen LogP) is -1.28. The zero-order valence-corrected chi connectivity index (χ0v) is 5.98. The van der Waals surface area contributed by atoms with E-state index in [2.05, 4.69) is 0 Å². The summed E-state index contributed by atoms with van der Waals surface area (Å²) in [6.45, 7) is 0. The molecule has 0 heterocycles. The van der Waals surface area contributed by atoms with Gasteiger partial charge in [0, 0.05) is 6.42 Å². The molecule has 7 heteroatoms. The van der Waals surface area contributed by atoms with Gasteiger partial charge in [-0.1, -0.05) is 0 Å². The van der Waals surface area contributed by atoms with Gasteiger partial charge in [0.1, 0.15) is 12.3 Å². The fraction of sp³-hybridized carbons (Fsp3) is 0.400. The number of carbonyl (C=O) groups is 3. The molecule has 0 aliphatic heterocycles. The van der Waals surface area contributed by atoms with Gasteiger partial charge in [-0.3, -0.25) is 5.21 Å². The molecule has 0 radical (unpaired) electrons. The first-order valence-electron chi connectivity index (χ1n) is 2.99. The summed E-state index contributed by atoms with van der Waals surface area (Å²) in [5.41, 5.74) is 1.18. The zero-order valence-electron chi connectivity index (χ0n) is 5.98. The minimum atomic E-state index is -1.34. The van der Waals surface area contributed by atoms with Crippen molar-refractivity contribution >= 4 is 18.3 Å². The number of hydroxylamine groups is 1. The van der Waals surface area contributed by atoms with Crippen LogP contribution in [-0.4, -0.2) is 34.6 Å². The molecule has 0 aromatic rings. The fourth-order valence-electron chi connectivity index (χ4n) is 0.508. The van der Waals surface area contributed by atoms with E-state index in [1.165, 1.54) is 5.48 Å². The number of hydrogen-bond donors (Lipinski definition) is 4. The zero-order chi connectivity index (χ0) is 9.56. The Labute approximate surface area is 67.3 Å². The van der Waals surface area contributed by atoms with E-state index < -0.39 is 18.0 Å². The molecule has 0 bridgehead atoms. The van der Waals surface area contributed by atoms with Gasteiger partial charge in [0.05, 0.1) is 0 Å². The quantitative estimate of drug-likeness (QED) is 0.242. The second-order valence-corrected chi connectivity index (χ2v) is 1.88. The Hall–Kier alpha value is -1.63. The summed E-state index contributed by atoms with van der Waals surface area (Å²) in [5, 5.41) is 18.2. The van der Waals surface area contributed by atoms with Crippen LogP contribution in [0.5, 0.6) is 0 Å². The molecule has 0 aliphatic carbocycles. The second kappa shape index (κ2) is 5.08. The van der Waals surface area contributed by atoms with E-state index in [4.69, 9.17) is 10.3 Å². The molecular weight excluding hydrogens is 168 g/mol. The first-order chi connectivity index (χ1) is 5.61. The minimum Gasteiger partial charge on any atom is -0.480 e. The SMILES string of the molecule is O=CCC(NC(=O)NO)C(=O)O. The molecule has 12 heavy (non-hydrogen) atoms. The molecular formula is C5H8N2O5. The number of aliphatic carboxylic acids is 1. The fourth-order valence-corrected chi connectivity index (χ4v) is 0.508. The van der Waals surface area contributed by atoms with Gasteiger partial charge < -0.3 is 15.2 Å². The normalized spacial score (nSPS) is 11.4. The lowest BCUT2D eigenvalue weighted by atomic mass is 10.2. The summed E-state index contributed by atoms with van der Waals surface area (Å²) in [4.78, 5) is 30.5. The molecule has 0 aliphatic rings. The monoisotopic (exact) mass is 176 g/mol. The van der Waals surface area contributed by atoms with Crippen molar-refractivity contribution in [3.05, 3.63) is 0 Å². The maximum absolute atomic E-state index is 10.4. The third-order valence-corrected chi connectivity index (χ3v) is 1.04. The number of urea groups is 1. The van der Waals surface area contributed by atoms with Crippen LogP contribution in [0, 0.1) is 0 Å². The van der Waals surface area contributed by atoms with Crippen LogP contribution in [0.1, 0.15) is 6.42 Å². The van der Waals surface area contributed by atoms with Gasteiger partial charge in [-0.15, -0.1) is 0 Å². The van der Waals surface area contributed by atoms with E-state index in [0.717, 1.165) is 0 Å². The van der Waals surface area contributed by atoms with Crippen molar-refractivity contribution in [3.63, 3.8) is 0 Å². The van der Waals surface area contributed by atoms with Gasteiger partial charge in [0.15, 0.2) is 0 Å². The maximum Gasteiger partial charge on any atom is 0.339 e. The number of carboxylic acid groups (broad SMARTS) is 1. The Kier molecular flexibility index (Phi) is 4.39. The van der Waals surface area contributed by atoms with Gasteiger partial charge in [-0.25, -0.2) is 15.1 Å². The molecule has 0 saturated carbocycles. The van der Waals surface area contributed by atoms with Crippen molar-refractivity contribution < 1.29 is 24.7 Å². The van der Waals surface area contributed by atoms with Crippen LogP contribution >= 0.6 is 0 Å². The van der Waals surface area contributed by atoms with Crippen molar-refractivity contribution in [2.45, 2.75) is 12.5 Å². The molecule has 0 saturated heterocycles. The molecule has 0 fully saturated rings. The largest absolute Gasteiger partial charge is 0.480 e. The Morgan fingerprint density at radius 1 is 1.50 bits per heavy atom. The van der Waals surface area contributed by atoms with Crippen LogP contribution in [-0.2, 0) is 9.59 Å². The summed E-state index contributed by atoms with van der Waals surface area (Å²) in [6, 6.07) is -2.38. The van der Waals surface area contributed by atoms with Gasteiger partial charge in [0.25, 0.3) is 0 Å². The smallest absolute Gasteiger partial charge is 0.339 e. The van der Waals surface area contributed by atoms with Crippen molar-refractivity contribution in [2.75, 3.05) is 0 Å². The van der Waals surface area contributed by atoms with E-state index in [9.17, 15) is 14.4 Å². The summed E-state index contributed by atoms with van der Waals surface area (Å²) >= 11 is 0. The highest BCUT2D eigenvalue weighted by molar-refractivity contribution is 5.83. The first-order valence-corrected chi connectivity index (χ1v) is 2.99. The number of aldehydes is 1. The highest BCUT2D eigenvalue weighted by Gasteiger charge is 2.18. The molecule has 68 valence electrons. The molecule has 0 aromatic heterocycles. The number of carbonyl (C=O) groups excluding carboxylic acids is 2. The average Bonchev–Trinajstić information content (AvgIpc) is 2.03. The highest BCUT2D eigenvalue weighted by atomic mass is 16.5. The number of amides is 2.